The van der Waals surface area contributed by atoms with Gasteiger partial charge in [0.15, 0.2) is 0 Å². The van der Waals surface area contributed by atoms with Gasteiger partial charge in [0, 0.05) is 11.0 Å². The zero-order valence-corrected chi connectivity index (χ0v) is 17.6. The number of ether oxygens (including phenoxy) is 1. The Kier molecular flexibility index (Phi) is 5.77. The van der Waals surface area contributed by atoms with E-state index >= 15 is 0 Å². The van der Waals surface area contributed by atoms with Crippen LogP contribution >= 0.6 is 15.9 Å². The molecule has 0 bridgehead atoms. The maximum Gasteiger partial charge on any atom is 0.338 e. The van der Waals surface area contributed by atoms with E-state index in [1.807, 2.05) is 42.5 Å². The van der Waals surface area contributed by atoms with Crippen molar-refractivity contribution in [1.29, 1.82) is 0 Å². The molecule has 4 rings (SSSR count). The summed E-state index contributed by atoms with van der Waals surface area (Å²) in [6.07, 6.45) is 0.375. The molecule has 1 aliphatic rings. The average Bonchev–Trinajstić information content (AvgIpc) is 3.01. The topological polar surface area (TPSA) is 63.7 Å². The highest BCUT2D eigenvalue weighted by molar-refractivity contribution is 9.10. The number of hydrogen-bond donors (Lipinski definition) is 0. The summed E-state index contributed by atoms with van der Waals surface area (Å²) in [5.74, 6) is -1.06. The molecule has 6 heteroatoms. The van der Waals surface area contributed by atoms with E-state index in [4.69, 9.17) is 4.74 Å². The molecule has 1 heterocycles. The van der Waals surface area contributed by atoms with Gasteiger partial charge in [0.05, 0.1) is 23.3 Å². The lowest BCUT2D eigenvalue weighted by molar-refractivity contribution is 0.0482. The Morgan fingerprint density at radius 3 is 2.23 bits per heavy atom. The van der Waals surface area contributed by atoms with Gasteiger partial charge in [-0.05, 0) is 47.9 Å². The smallest absolute Gasteiger partial charge is 0.338 e. The summed E-state index contributed by atoms with van der Waals surface area (Å²) < 4.78 is 6.05. The second kappa shape index (κ2) is 8.63. The molecule has 30 heavy (non-hydrogen) atoms. The second-order valence-corrected chi connectivity index (χ2v) is 7.80. The number of benzene rings is 3. The lowest BCUT2D eigenvalue weighted by atomic mass is 10.0. The molecule has 0 aromatic heterocycles. The largest absolute Gasteiger partial charge is 0.462 e. The molecule has 5 nitrogen and oxygen atoms in total. The lowest BCUT2D eigenvalue weighted by Gasteiger charge is -2.13. The molecule has 0 saturated heterocycles. The molecule has 3 aromatic rings. The molecule has 0 aliphatic carbocycles. The standard InChI is InChI=1S/C24H18BrNO4/c25-19-11-12-20-21(15-19)23(28)26(22(20)27)13-4-14-30-24(29)18-9-7-17(8-10-18)16-5-2-1-3-6-16/h1-3,5-12,15H,4,13-14H2. The fourth-order valence-corrected chi connectivity index (χ4v) is 3.73. The third kappa shape index (κ3) is 4.04. The van der Waals surface area contributed by atoms with E-state index in [0.29, 0.717) is 23.1 Å². The molecule has 0 unspecified atom stereocenters. The zero-order chi connectivity index (χ0) is 21.1. The van der Waals surface area contributed by atoms with Crippen LogP contribution in [0.25, 0.3) is 11.1 Å². The number of amides is 2. The Bertz CT molecular complexity index is 1110. The maximum atomic E-state index is 12.4. The summed E-state index contributed by atoms with van der Waals surface area (Å²) in [4.78, 5) is 38.3. The van der Waals surface area contributed by atoms with Crippen LogP contribution in [0.15, 0.2) is 77.3 Å². The molecular formula is C24H18BrNO4. The van der Waals surface area contributed by atoms with Crippen LogP contribution in [0.2, 0.25) is 0 Å². The van der Waals surface area contributed by atoms with Crippen LogP contribution in [0.5, 0.6) is 0 Å². The molecule has 0 radical (unpaired) electrons. The average molecular weight is 464 g/mol. The van der Waals surface area contributed by atoms with E-state index in [9.17, 15) is 14.4 Å². The van der Waals surface area contributed by atoms with Crippen molar-refractivity contribution in [2.45, 2.75) is 6.42 Å². The summed E-state index contributed by atoms with van der Waals surface area (Å²) in [6.45, 7) is 0.320. The van der Waals surface area contributed by atoms with E-state index in [2.05, 4.69) is 15.9 Å². The fraction of sp³-hybridized carbons (Fsp3) is 0.125. The first kappa shape index (κ1) is 20.0. The van der Waals surface area contributed by atoms with E-state index < -0.39 is 5.97 Å². The van der Waals surface area contributed by atoms with Gasteiger partial charge < -0.3 is 4.74 Å². The minimum atomic E-state index is -0.430. The van der Waals surface area contributed by atoms with E-state index in [-0.39, 0.29) is 25.0 Å². The van der Waals surface area contributed by atoms with Crippen LogP contribution in [0.1, 0.15) is 37.5 Å². The van der Waals surface area contributed by atoms with Gasteiger partial charge in [-0.3, -0.25) is 14.5 Å². The highest BCUT2D eigenvalue weighted by atomic mass is 79.9. The van der Waals surface area contributed by atoms with Crippen molar-refractivity contribution in [2.75, 3.05) is 13.2 Å². The maximum absolute atomic E-state index is 12.4. The van der Waals surface area contributed by atoms with Gasteiger partial charge in [0.25, 0.3) is 11.8 Å². The first-order valence-electron chi connectivity index (χ1n) is 9.53. The predicted molar refractivity (Wildman–Crippen MR) is 116 cm³/mol. The number of nitrogens with zero attached hydrogens (tertiary/aromatic N) is 1. The highest BCUT2D eigenvalue weighted by Crippen LogP contribution is 2.26. The summed E-state index contributed by atoms with van der Waals surface area (Å²) >= 11 is 3.31. The Morgan fingerprint density at radius 1 is 0.833 bits per heavy atom. The van der Waals surface area contributed by atoms with Gasteiger partial charge in [-0.1, -0.05) is 58.4 Å². The number of halogens is 1. The molecule has 0 spiro atoms. The molecule has 150 valence electrons. The van der Waals surface area contributed by atoms with Gasteiger partial charge in [0.1, 0.15) is 0 Å². The zero-order valence-electron chi connectivity index (χ0n) is 16.0. The summed E-state index contributed by atoms with van der Waals surface area (Å²) in [7, 11) is 0. The Morgan fingerprint density at radius 2 is 1.50 bits per heavy atom. The van der Waals surface area contributed by atoms with Gasteiger partial charge in [-0.2, -0.15) is 0 Å². The predicted octanol–water partition coefficient (Wildman–Crippen LogP) is 4.96. The van der Waals surface area contributed by atoms with Gasteiger partial charge >= 0.3 is 5.97 Å². The molecule has 0 saturated carbocycles. The van der Waals surface area contributed by atoms with Crippen LogP contribution < -0.4 is 0 Å². The monoisotopic (exact) mass is 463 g/mol. The van der Waals surface area contributed by atoms with Gasteiger partial charge in [-0.25, -0.2) is 4.79 Å². The van der Waals surface area contributed by atoms with Crippen molar-refractivity contribution in [1.82, 2.24) is 4.90 Å². The quantitative estimate of drug-likeness (QED) is 0.294. The van der Waals surface area contributed by atoms with E-state index in [0.717, 1.165) is 15.6 Å². The van der Waals surface area contributed by atoms with Crippen LogP contribution in [0, 0.1) is 0 Å². The third-order valence-electron chi connectivity index (χ3n) is 4.92. The van der Waals surface area contributed by atoms with Gasteiger partial charge in [-0.15, -0.1) is 0 Å². The molecule has 2 amide bonds. The number of carbonyl (C=O) groups excluding carboxylic acids is 3. The minimum Gasteiger partial charge on any atom is -0.462 e. The van der Waals surface area contributed by atoms with E-state index in [1.165, 1.54) is 4.90 Å². The molecular weight excluding hydrogens is 446 g/mol. The first-order chi connectivity index (χ1) is 14.5. The van der Waals surface area contributed by atoms with Crippen molar-refractivity contribution in [2.24, 2.45) is 0 Å². The molecule has 0 atom stereocenters. The van der Waals surface area contributed by atoms with Crippen molar-refractivity contribution in [3.8, 4) is 11.1 Å². The minimum absolute atomic E-state index is 0.121. The SMILES string of the molecule is O=C(OCCCN1C(=O)c2ccc(Br)cc2C1=O)c1ccc(-c2ccccc2)cc1. The number of rotatable bonds is 6. The van der Waals surface area contributed by atoms with Crippen molar-refractivity contribution >= 4 is 33.7 Å². The Balaban J connectivity index is 1.29. The molecule has 3 aromatic carbocycles. The Labute approximate surface area is 182 Å². The number of carbonyl (C=O) groups is 3. The molecule has 1 aliphatic heterocycles. The lowest BCUT2D eigenvalue weighted by Crippen LogP contribution is -2.31. The third-order valence-corrected chi connectivity index (χ3v) is 5.41. The van der Waals surface area contributed by atoms with Crippen molar-refractivity contribution < 1.29 is 19.1 Å². The number of imide groups is 1. The van der Waals surface area contributed by atoms with Crippen molar-refractivity contribution in [3.05, 3.63) is 94.0 Å². The first-order valence-corrected chi connectivity index (χ1v) is 10.3. The number of esters is 1. The van der Waals surface area contributed by atoms with Gasteiger partial charge in [0.2, 0.25) is 0 Å². The highest BCUT2D eigenvalue weighted by Gasteiger charge is 2.35. The van der Waals surface area contributed by atoms with Crippen LogP contribution in [-0.4, -0.2) is 35.8 Å². The van der Waals surface area contributed by atoms with Crippen LogP contribution in [-0.2, 0) is 4.74 Å². The summed E-state index contributed by atoms with van der Waals surface area (Å²) in [5, 5.41) is 0. The second-order valence-electron chi connectivity index (χ2n) is 6.88. The van der Waals surface area contributed by atoms with E-state index in [1.54, 1.807) is 30.3 Å². The normalized spacial score (nSPS) is 12.8. The van der Waals surface area contributed by atoms with Crippen molar-refractivity contribution in [3.63, 3.8) is 0 Å². The van der Waals surface area contributed by atoms with Crippen LogP contribution in [0.3, 0.4) is 0 Å². The van der Waals surface area contributed by atoms with Crippen LogP contribution in [0.4, 0.5) is 0 Å². The fourth-order valence-electron chi connectivity index (χ4n) is 3.37. The summed E-state index contributed by atoms with van der Waals surface area (Å²) in [6, 6.07) is 22.1. The number of hydrogen-bond acceptors (Lipinski definition) is 4. The Hall–Kier alpha value is -3.25. The molecule has 0 N–H and O–H groups in total. The molecule has 0 fully saturated rings. The summed E-state index contributed by atoms with van der Waals surface area (Å²) in [5.41, 5.74) is 3.35. The number of fused-ring (bicyclic) bond motifs is 1.